The lowest BCUT2D eigenvalue weighted by Gasteiger charge is -2.25. The van der Waals surface area contributed by atoms with E-state index in [-0.39, 0.29) is 18.6 Å². The summed E-state index contributed by atoms with van der Waals surface area (Å²) in [7, 11) is 0. The van der Waals surface area contributed by atoms with E-state index >= 15 is 0 Å². The quantitative estimate of drug-likeness (QED) is 0.234. The summed E-state index contributed by atoms with van der Waals surface area (Å²) in [6.07, 6.45) is 4.31. The smallest absolute Gasteiger partial charge is 0.408 e. The molecule has 40 heavy (non-hydrogen) atoms. The number of nitrogens with zero attached hydrogens (tertiary/aromatic N) is 1. The minimum atomic E-state index is -0.821. The number of ether oxygens (including phenoxy) is 2. The standard InChI is InChI=1S/C30H38N4O5S/c1-30(2,3)39-29(37)34-24(14-7-8-17-38-28(36)32-21-22-11-5-4-6-12-22)27(35)33-25(26-15-10-18-40-26)19-23-13-9-16-31-20-23/h4-6,9-13,15-16,18,20,24-25H,7-8,14,17,19,21H2,1-3H3,(H,32,36)(H,33,35)(H,34,37)/t24-,25-/m0/s1. The Balaban J connectivity index is 1.55. The van der Waals surface area contributed by atoms with Crippen LogP contribution in [-0.2, 0) is 27.2 Å². The number of carbonyl (C=O) groups excluding carboxylic acids is 3. The molecule has 2 heterocycles. The number of pyridine rings is 1. The number of nitrogens with one attached hydrogen (secondary N) is 3. The monoisotopic (exact) mass is 566 g/mol. The first-order valence-electron chi connectivity index (χ1n) is 13.4. The minimum absolute atomic E-state index is 0.195. The number of thiophene rings is 1. The Labute approximate surface area is 239 Å². The Morgan fingerprint density at radius 3 is 2.38 bits per heavy atom. The molecule has 9 nitrogen and oxygen atoms in total. The molecule has 214 valence electrons. The lowest BCUT2D eigenvalue weighted by Crippen LogP contribution is -2.49. The van der Waals surface area contributed by atoms with Gasteiger partial charge in [-0.1, -0.05) is 42.5 Å². The number of alkyl carbamates (subject to hydrolysis) is 2. The molecule has 0 spiro atoms. The van der Waals surface area contributed by atoms with Gasteiger partial charge in [0.15, 0.2) is 0 Å². The van der Waals surface area contributed by atoms with Crippen molar-refractivity contribution in [1.82, 2.24) is 20.9 Å². The van der Waals surface area contributed by atoms with Crippen LogP contribution in [0.5, 0.6) is 0 Å². The van der Waals surface area contributed by atoms with Crippen molar-refractivity contribution < 1.29 is 23.9 Å². The van der Waals surface area contributed by atoms with Gasteiger partial charge in [-0.15, -0.1) is 11.3 Å². The van der Waals surface area contributed by atoms with Crippen molar-refractivity contribution in [2.24, 2.45) is 0 Å². The summed E-state index contributed by atoms with van der Waals surface area (Å²) in [4.78, 5) is 43.2. The van der Waals surface area contributed by atoms with Crippen molar-refractivity contribution in [1.29, 1.82) is 0 Å². The zero-order valence-electron chi connectivity index (χ0n) is 23.2. The van der Waals surface area contributed by atoms with Crippen LogP contribution in [0.4, 0.5) is 9.59 Å². The summed E-state index contributed by atoms with van der Waals surface area (Å²) < 4.78 is 10.7. The first-order valence-corrected chi connectivity index (χ1v) is 14.2. The molecule has 0 saturated carbocycles. The van der Waals surface area contributed by atoms with Crippen molar-refractivity contribution in [3.8, 4) is 0 Å². The molecule has 0 bridgehead atoms. The molecule has 2 aromatic heterocycles. The summed E-state index contributed by atoms with van der Waals surface area (Å²) in [5, 5.41) is 10.5. The van der Waals surface area contributed by atoms with Gasteiger partial charge in [0.1, 0.15) is 11.6 Å². The van der Waals surface area contributed by atoms with Gasteiger partial charge in [0.2, 0.25) is 5.91 Å². The maximum Gasteiger partial charge on any atom is 0.408 e. The summed E-state index contributed by atoms with van der Waals surface area (Å²) in [6, 6.07) is 16.2. The van der Waals surface area contributed by atoms with E-state index in [4.69, 9.17) is 9.47 Å². The number of unbranched alkanes of at least 4 members (excludes halogenated alkanes) is 1. The zero-order valence-corrected chi connectivity index (χ0v) is 24.0. The number of aromatic nitrogens is 1. The van der Waals surface area contributed by atoms with E-state index < -0.39 is 23.8 Å². The maximum absolute atomic E-state index is 13.4. The predicted molar refractivity (Wildman–Crippen MR) is 155 cm³/mol. The molecule has 0 unspecified atom stereocenters. The van der Waals surface area contributed by atoms with Crippen LogP contribution in [0.15, 0.2) is 72.4 Å². The van der Waals surface area contributed by atoms with Crippen LogP contribution in [0.25, 0.3) is 0 Å². The topological polar surface area (TPSA) is 119 Å². The third-order valence-electron chi connectivity index (χ3n) is 5.77. The summed E-state index contributed by atoms with van der Waals surface area (Å²) >= 11 is 1.55. The van der Waals surface area contributed by atoms with E-state index in [0.717, 1.165) is 16.0 Å². The average molecular weight is 567 g/mol. The lowest BCUT2D eigenvalue weighted by molar-refractivity contribution is -0.124. The van der Waals surface area contributed by atoms with Gasteiger partial charge >= 0.3 is 12.2 Å². The Morgan fingerprint density at radius 2 is 1.70 bits per heavy atom. The van der Waals surface area contributed by atoms with Gasteiger partial charge in [-0.2, -0.15) is 0 Å². The molecule has 0 radical (unpaired) electrons. The van der Waals surface area contributed by atoms with Gasteiger partial charge in [-0.25, -0.2) is 9.59 Å². The normalized spacial score (nSPS) is 12.6. The van der Waals surface area contributed by atoms with E-state index in [1.165, 1.54) is 0 Å². The number of hydrogen-bond donors (Lipinski definition) is 3. The number of carbonyl (C=O) groups is 3. The van der Waals surface area contributed by atoms with E-state index in [0.29, 0.717) is 32.2 Å². The Kier molecular flexibility index (Phi) is 12.0. The van der Waals surface area contributed by atoms with Crippen molar-refractivity contribution in [2.75, 3.05) is 6.61 Å². The first-order chi connectivity index (χ1) is 19.2. The molecule has 2 atom stereocenters. The molecule has 0 aliphatic heterocycles. The van der Waals surface area contributed by atoms with E-state index in [1.54, 1.807) is 44.5 Å². The van der Waals surface area contributed by atoms with E-state index in [2.05, 4.69) is 20.9 Å². The second kappa shape index (κ2) is 15.6. The lowest BCUT2D eigenvalue weighted by atomic mass is 10.0. The average Bonchev–Trinajstić information content (AvgIpc) is 3.46. The zero-order chi connectivity index (χ0) is 28.8. The first kappa shape index (κ1) is 30.6. The van der Waals surface area contributed by atoms with Gasteiger partial charge in [0.05, 0.1) is 12.6 Å². The molecular weight excluding hydrogens is 528 g/mol. The minimum Gasteiger partial charge on any atom is -0.450 e. The van der Waals surface area contributed by atoms with Crippen molar-refractivity contribution >= 4 is 29.4 Å². The highest BCUT2D eigenvalue weighted by Gasteiger charge is 2.27. The molecule has 1 aromatic carbocycles. The molecule has 0 aliphatic rings. The van der Waals surface area contributed by atoms with Gasteiger partial charge in [0, 0.05) is 23.8 Å². The number of hydrogen-bond acceptors (Lipinski definition) is 7. The summed E-state index contributed by atoms with van der Waals surface area (Å²) in [5.41, 5.74) is 1.26. The molecule has 0 saturated heterocycles. The summed E-state index contributed by atoms with van der Waals surface area (Å²) in [5.74, 6) is -0.310. The molecule has 10 heteroatoms. The second-order valence-electron chi connectivity index (χ2n) is 10.3. The van der Waals surface area contributed by atoms with Crippen molar-refractivity contribution in [3.05, 3.63) is 88.4 Å². The molecule has 0 aliphatic carbocycles. The van der Waals surface area contributed by atoms with Gasteiger partial charge in [0.25, 0.3) is 0 Å². The van der Waals surface area contributed by atoms with Crippen molar-refractivity contribution in [2.45, 2.75) is 70.7 Å². The van der Waals surface area contributed by atoms with Crippen molar-refractivity contribution in [3.63, 3.8) is 0 Å². The molecular formula is C30H38N4O5S. The molecule has 3 aromatic rings. The second-order valence-corrected chi connectivity index (χ2v) is 11.3. The van der Waals surface area contributed by atoms with Gasteiger partial charge in [-0.3, -0.25) is 9.78 Å². The van der Waals surface area contributed by atoms with Gasteiger partial charge < -0.3 is 25.4 Å². The van der Waals surface area contributed by atoms with Crippen LogP contribution in [0.2, 0.25) is 0 Å². The van der Waals surface area contributed by atoms with E-state index in [9.17, 15) is 14.4 Å². The van der Waals surface area contributed by atoms with E-state index in [1.807, 2.05) is 60.0 Å². The van der Waals surface area contributed by atoms with Gasteiger partial charge in [-0.05, 0) is 75.1 Å². The van der Waals surface area contributed by atoms with Crippen LogP contribution < -0.4 is 16.0 Å². The van der Waals surface area contributed by atoms with Crippen LogP contribution in [0, 0.1) is 0 Å². The highest BCUT2D eigenvalue weighted by molar-refractivity contribution is 7.10. The maximum atomic E-state index is 13.4. The SMILES string of the molecule is CC(C)(C)OC(=O)N[C@@H](CCCCOC(=O)NCc1ccccc1)C(=O)N[C@@H](Cc1cccnc1)c1cccs1. The number of benzene rings is 1. The molecule has 0 fully saturated rings. The third kappa shape index (κ3) is 11.4. The fourth-order valence-electron chi connectivity index (χ4n) is 3.89. The highest BCUT2D eigenvalue weighted by atomic mass is 32.1. The van der Waals surface area contributed by atoms with Crippen LogP contribution >= 0.6 is 11.3 Å². The molecule has 3 amide bonds. The Bertz CT molecular complexity index is 1180. The van der Waals surface area contributed by atoms with Crippen LogP contribution in [0.1, 0.15) is 62.1 Å². The fourth-order valence-corrected chi connectivity index (χ4v) is 4.67. The Hall–Kier alpha value is -3.92. The molecule has 3 N–H and O–H groups in total. The van der Waals surface area contributed by atoms with Crippen LogP contribution in [-0.4, -0.2) is 41.3 Å². The number of amides is 3. The Morgan fingerprint density at radius 1 is 0.925 bits per heavy atom. The third-order valence-corrected chi connectivity index (χ3v) is 6.76. The summed E-state index contributed by atoms with van der Waals surface area (Å²) in [6.45, 7) is 5.88. The largest absolute Gasteiger partial charge is 0.450 e. The predicted octanol–water partition coefficient (Wildman–Crippen LogP) is 5.53. The van der Waals surface area contributed by atoms with Crippen LogP contribution in [0.3, 0.4) is 0 Å². The fraction of sp³-hybridized carbons (Fsp3) is 0.400. The highest BCUT2D eigenvalue weighted by Crippen LogP contribution is 2.23. The molecule has 3 rings (SSSR count). The number of rotatable bonds is 13.